The van der Waals surface area contributed by atoms with Gasteiger partial charge in [0.15, 0.2) is 11.5 Å². The number of benzene rings is 1. The number of phenolic OH excluding ortho intramolecular Hbond substituents is 1. The van der Waals surface area contributed by atoms with Crippen LogP contribution in [-0.2, 0) is 0 Å². The summed E-state index contributed by atoms with van der Waals surface area (Å²) in [5.74, 6) is 0.441. The molecule has 0 spiro atoms. The van der Waals surface area contributed by atoms with E-state index in [9.17, 15) is 5.11 Å². The first kappa shape index (κ1) is 11.8. The number of ether oxygens (including phenoxy) is 1. The average molecular weight is 211 g/mol. The number of aromatic hydroxyl groups is 1. The molecule has 84 valence electrons. The number of methoxy groups -OCH3 is 1. The van der Waals surface area contributed by atoms with Gasteiger partial charge in [-0.3, -0.25) is 0 Å². The fraction of sp³-hybridized carbons (Fsp3) is 0.455. The Labute approximate surface area is 89.3 Å². The highest BCUT2D eigenvalue weighted by Crippen LogP contribution is 2.37. The van der Waals surface area contributed by atoms with E-state index in [-0.39, 0.29) is 12.4 Å². The minimum atomic E-state index is -0.585. The highest BCUT2D eigenvalue weighted by Gasteiger charge is 2.17. The van der Waals surface area contributed by atoms with E-state index in [1.165, 1.54) is 7.11 Å². The number of aryl methyl sites for hydroxylation is 1. The van der Waals surface area contributed by atoms with Crippen LogP contribution in [0.2, 0.25) is 0 Å². The lowest BCUT2D eigenvalue weighted by Crippen LogP contribution is -2.15. The Bertz CT molecular complexity index is 363. The summed E-state index contributed by atoms with van der Waals surface area (Å²) in [6, 6.07) is 1.19. The van der Waals surface area contributed by atoms with E-state index in [0.29, 0.717) is 11.3 Å². The largest absolute Gasteiger partial charge is 0.504 e. The molecule has 1 rings (SSSR count). The molecule has 4 heteroatoms. The number of hydrogen-bond acceptors (Lipinski definition) is 4. The van der Waals surface area contributed by atoms with Gasteiger partial charge < -0.3 is 20.7 Å². The molecule has 0 aliphatic carbocycles. The zero-order valence-corrected chi connectivity index (χ0v) is 9.24. The fourth-order valence-corrected chi connectivity index (χ4v) is 1.53. The molecule has 1 aromatic carbocycles. The maximum atomic E-state index is 9.88. The van der Waals surface area contributed by atoms with Crippen LogP contribution >= 0.6 is 0 Å². The van der Waals surface area contributed by atoms with E-state index in [4.69, 9.17) is 15.6 Å². The predicted molar refractivity (Wildman–Crippen MR) is 58.1 cm³/mol. The van der Waals surface area contributed by atoms with Gasteiger partial charge in [-0.25, -0.2) is 0 Å². The van der Waals surface area contributed by atoms with Gasteiger partial charge >= 0.3 is 0 Å². The molecule has 1 aromatic rings. The predicted octanol–water partition coefficient (Wildman–Crippen LogP) is 1.01. The summed E-state index contributed by atoms with van der Waals surface area (Å²) in [6.07, 6.45) is 0. The van der Waals surface area contributed by atoms with Crippen molar-refractivity contribution in [2.75, 3.05) is 13.7 Å². The number of aliphatic hydroxyl groups is 1. The third-order valence-electron chi connectivity index (χ3n) is 2.59. The molecular weight excluding hydrogens is 194 g/mol. The van der Waals surface area contributed by atoms with Crippen LogP contribution in [0.5, 0.6) is 11.5 Å². The number of phenols is 1. The molecule has 0 bridgehead atoms. The number of aliphatic hydroxyl groups excluding tert-OH is 1. The maximum Gasteiger partial charge on any atom is 0.163 e. The molecule has 0 unspecified atom stereocenters. The lowest BCUT2D eigenvalue weighted by Gasteiger charge is -2.17. The van der Waals surface area contributed by atoms with Crippen LogP contribution in [-0.4, -0.2) is 23.9 Å². The normalized spacial score (nSPS) is 12.6. The summed E-state index contributed by atoms with van der Waals surface area (Å²) in [6.45, 7) is 3.56. The van der Waals surface area contributed by atoms with Crippen LogP contribution in [0, 0.1) is 13.8 Å². The zero-order valence-electron chi connectivity index (χ0n) is 9.24. The zero-order chi connectivity index (χ0) is 11.6. The van der Waals surface area contributed by atoms with Crippen molar-refractivity contribution >= 4 is 0 Å². The summed E-state index contributed by atoms with van der Waals surface area (Å²) >= 11 is 0. The first-order valence-electron chi connectivity index (χ1n) is 4.76. The van der Waals surface area contributed by atoms with E-state index >= 15 is 0 Å². The molecule has 0 fully saturated rings. The van der Waals surface area contributed by atoms with Gasteiger partial charge in [0.25, 0.3) is 0 Å². The Kier molecular flexibility index (Phi) is 3.55. The van der Waals surface area contributed by atoms with Crippen LogP contribution < -0.4 is 10.5 Å². The van der Waals surface area contributed by atoms with Crippen molar-refractivity contribution in [2.45, 2.75) is 19.9 Å². The number of rotatable bonds is 3. The van der Waals surface area contributed by atoms with Crippen LogP contribution in [0.25, 0.3) is 0 Å². The molecule has 0 aliphatic rings. The third kappa shape index (κ3) is 2.06. The minimum absolute atomic E-state index is 0.0159. The molecule has 4 nitrogen and oxygen atoms in total. The average Bonchev–Trinajstić information content (AvgIpc) is 2.23. The maximum absolute atomic E-state index is 9.88. The van der Waals surface area contributed by atoms with Gasteiger partial charge in [-0.1, -0.05) is 6.07 Å². The highest BCUT2D eigenvalue weighted by molar-refractivity contribution is 5.54. The van der Waals surface area contributed by atoms with E-state index in [1.54, 1.807) is 6.07 Å². The first-order chi connectivity index (χ1) is 7.02. The highest BCUT2D eigenvalue weighted by atomic mass is 16.5. The van der Waals surface area contributed by atoms with Crippen molar-refractivity contribution in [2.24, 2.45) is 5.73 Å². The van der Waals surface area contributed by atoms with Gasteiger partial charge in [-0.2, -0.15) is 0 Å². The van der Waals surface area contributed by atoms with Crippen molar-refractivity contribution in [3.8, 4) is 11.5 Å². The summed E-state index contributed by atoms with van der Waals surface area (Å²) in [7, 11) is 1.50. The van der Waals surface area contributed by atoms with E-state index in [0.717, 1.165) is 11.1 Å². The lowest BCUT2D eigenvalue weighted by atomic mass is 9.99. The molecule has 0 amide bonds. The Morgan fingerprint density at radius 3 is 2.53 bits per heavy atom. The summed E-state index contributed by atoms with van der Waals surface area (Å²) in [5.41, 5.74) is 8.04. The molecular formula is C11H17NO3. The molecule has 0 radical (unpaired) electrons. The van der Waals surface area contributed by atoms with Crippen molar-refractivity contribution in [3.05, 3.63) is 22.8 Å². The molecule has 15 heavy (non-hydrogen) atoms. The van der Waals surface area contributed by atoms with Crippen molar-refractivity contribution in [1.82, 2.24) is 0 Å². The molecule has 0 aliphatic heterocycles. The van der Waals surface area contributed by atoms with Gasteiger partial charge in [-0.15, -0.1) is 0 Å². The second-order valence-corrected chi connectivity index (χ2v) is 3.58. The van der Waals surface area contributed by atoms with Crippen molar-refractivity contribution < 1.29 is 14.9 Å². The standard InChI is InChI=1S/C11H17NO3/c1-6-4-8(9(12)5-13)10(14)11(15-3)7(6)2/h4,9,13-14H,5,12H2,1-3H3/t9-/m1/s1. The minimum Gasteiger partial charge on any atom is -0.504 e. The lowest BCUT2D eigenvalue weighted by molar-refractivity contribution is 0.264. The van der Waals surface area contributed by atoms with Crippen LogP contribution in [0.15, 0.2) is 6.07 Å². The molecule has 0 aromatic heterocycles. The summed E-state index contributed by atoms with van der Waals surface area (Å²) in [5, 5.41) is 18.8. The van der Waals surface area contributed by atoms with Crippen LogP contribution in [0.3, 0.4) is 0 Å². The van der Waals surface area contributed by atoms with Crippen molar-refractivity contribution in [3.63, 3.8) is 0 Å². The first-order valence-corrected chi connectivity index (χ1v) is 4.76. The molecule has 1 atom stereocenters. The molecule has 0 saturated carbocycles. The van der Waals surface area contributed by atoms with Gasteiger partial charge in [-0.05, 0) is 25.0 Å². The van der Waals surface area contributed by atoms with E-state index in [2.05, 4.69) is 0 Å². The topological polar surface area (TPSA) is 75.7 Å². The smallest absolute Gasteiger partial charge is 0.163 e. The third-order valence-corrected chi connectivity index (χ3v) is 2.59. The second kappa shape index (κ2) is 4.51. The Morgan fingerprint density at radius 2 is 2.07 bits per heavy atom. The Hall–Kier alpha value is -1.26. The SMILES string of the molecule is COc1c(C)c(C)cc([C@H](N)CO)c1O. The second-order valence-electron chi connectivity index (χ2n) is 3.58. The van der Waals surface area contributed by atoms with Gasteiger partial charge in [0, 0.05) is 5.56 Å². The summed E-state index contributed by atoms with van der Waals surface area (Å²) in [4.78, 5) is 0. The number of nitrogens with two attached hydrogens (primary N) is 1. The van der Waals surface area contributed by atoms with Gasteiger partial charge in [0.1, 0.15) is 0 Å². The van der Waals surface area contributed by atoms with Gasteiger partial charge in [0.05, 0.1) is 19.8 Å². The summed E-state index contributed by atoms with van der Waals surface area (Å²) < 4.78 is 5.10. The quantitative estimate of drug-likeness (QED) is 0.697. The Morgan fingerprint density at radius 1 is 1.47 bits per heavy atom. The molecule has 0 saturated heterocycles. The Balaban J connectivity index is 3.36. The van der Waals surface area contributed by atoms with Gasteiger partial charge in [0.2, 0.25) is 0 Å². The molecule has 4 N–H and O–H groups in total. The van der Waals surface area contributed by atoms with Crippen molar-refractivity contribution in [1.29, 1.82) is 0 Å². The fourth-order valence-electron chi connectivity index (χ4n) is 1.53. The van der Waals surface area contributed by atoms with E-state index < -0.39 is 6.04 Å². The van der Waals surface area contributed by atoms with Crippen LogP contribution in [0.1, 0.15) is 22.7 Å². The van der Waals surface area contributed by atoms with E-state index in [1.807, 2.05) is 13.8 Å². The molecule has 0 heterocycles. The van der Waals surface area contributed by atoms with Crippen LogP contribution in [0.4, 0.5) is 0 Å². The monoisotopic (exact) mass is 211 g/mol. The number of hydrogen-bond donors (Lipinski definition) is 3.